The number of hydrogen-bond donors (Lipinski definition) is 0. The van der Waals surface area contributed by atoms with Gasteiger partial charge < -0.3 is 4.40 Å². The zero-order valence-corrected chi connectivity index (χ0v) is 13.4. The maximum Gasteiger partial charge on any atom is 0.137 e. The summed E-state index contributed by atoms with van der Waals surface area (Å²) in [7, 11) is 0. The van der Waals surface area contributed by atoms with Crippen molar-refractivity contribution in [2.75, 3.05) is 0 Å². The SMILES string of the molecule is Cc1c(-c2ccc(C(C)C)cc2)nc2cc(CCl)ccn12. The Morgan fingerprint density at radius 2 is 1.86 bits per heavy atom. The molecular formula is C18H19ClN2. The molecule has 0 saturated heterocycles. The van der Waals surface area contributed by atoms with Gasteiger partial charge in [0.15, 0.2) is 0 Å². The predicted octanol–water partition coefficient (Wildman–Crippen LogP) is 5.17. The minimum atomic E-state index is 0.515. The molecule has 0 radical (unpaired) electrons. The minimum absolute atomic E-state index is 0.515. The Kier molecular flexibility index (Phi) is 3.73. The molecular weight excluding hydrogens is 280 g/mol. The highest BCUT2D eigenvalue weighted by Gasteiger charge is 2.11. The summed E-state index contributed by atoms with van der Waals surface area (Å²) in [4.78, 5) is 4.77. The first-order valence-corrected chi connectivity index (χ1v) is 7.77. The lowest BCUT2D eigenvalue weighted by Gasteiger charge is -2.06. The smallest absolute Gasteiger partial charge is 0.137 e. The molecule has 3 aromatic rings. The predicted molar refractivity (Wildman–Crippen MR) is 89.0 cm³/mol. The topological polar surface area (TPSA) is 17.3 Å². The summed E-state index contributed by atoms with van der Waals surface area (Å²) < 4.78 is 2.11. The van der Waals surface area contributed by atoms with Gasteiger partial charge in [-0.3, -0.25) is 0 Å². The highest BCUT2D eigenvalue weighted by Crippen LogP contribution is 2.26. The summed E-state index contributed by atoms with van der Waals surface area (Å²) in [6, 6.07) is 12.8. The normalized spacial score (nSPS) is 11.5. The van der Waals surface area contributed by atoms with Gasteiger partial charge in [-0.15, -0.1) is 11.6 Å². The fraction of sp³-hybridized carbons (Fsp3) is 0.278. The van der Waals surface area contributed by atoms with Crippen LogP contribution >= 0.6 is 11.6 Å². The number of imidazole rings is 1. The van der Waals surface area contributed by atoms with Crippen molar-refractivity contribution in [3.8, 4) is 11.3 Å². The molecule has 0 aliphatic rings. The lowest BCUT2D eigenvalue weighted by Crippen LogP contribution is -1.89. The maximum atomic E-state index is 5.90. The zero-order valence-electron chi connectivity index (χ0n) is 12.6. The number of aromatic nitrogens is 2. The molecule has 3 rings (SSSR count). The van der Waals surface area contributed by atoms with Crippen molar-refractivity contribution in [2.24, 2.45) is 0 Å². The number of fused-ring (bicyclic) bond motifs is 1. The number of benzene rings is 1. The van der Waals surface area contributed by atoms with Gasteiger partial charge in [-0.1, -0.05) is 38.1 Å². The Morgan fingerprint density at radius 3 is 2.48 bits per heavy atom. The van der Waals surface area contributed by atoms with E-state index < -0.39 is 0 Å². The van der Waals surface area contributed by atoms with Gasteiger partial charge in [-0.25, -0.2) is 4.98 Å². The van der Waals surface area contributed by atoms with Crippen LogP contribution in [0, 0.1) is 6.92 Å². The van der Waals surface area contributed by atoms with Gasteiger partial charge in [-0.2, -0.15) is 0 Å². The molecule has 0 fully saturated rings. The van der Waals surface area contributed by atoms with Crippen molar-refractivity contribution < 1.29 is 0 Å². The van der Waals surface area contributed by atoms with E-state index in [-0.39, 0.29) is 0 Å². The fourth-order valence-corrected chi connectivity index (χ4v) is 2.76. The molecule has 0 amide bonds. The number of nitrogens with zero attached hydrogens (tertiary/aromatic N) is 2. The van der Waals surface area contributed by atoms with Gasteiger partial charge in [0.2, 0.25) is 0 Å². The van der Waals surface area contributed by atoms with Crippen LogP contribution in [0.3, 0.4) is 0 Å². The van der Waals surface area contributed by atoms with E-state index in [0.29, 0.717) is 11.8 Å². The number of aryl methyl sites for hydroxylation is 1. The van der Waals surface area contributed by atoms with E-state index in [4.69, 9.17) is 16.6 Å². The van der Waals surface area contributed by atoms with Gasteiger partial charge in [0, 0.05) is 23.3 Å². The summed E-state index contributed by atoms with van der Waals surface area (Å²) in [5.41, 5.74) is 6.75. The molecule has 2 nitrogen and oxygen atoms in total. The Labute approximate surface area is 130 Å². The molecule has 3 heteroatoms. The van der Waals surface area contributed by atoms with Gasteiger partial charge in [-0.05, 0) is 36.1 Å². The summed E-state index contributed by atoms with van der Waals surface area (Å²) in [5, 5.41) is 0. The van der Waals surface area contributed by atoms with Crippen LogP contribution in [-0.2, 0) is 5.88 Å². The van der Waals surface area contributed by atoms with Gasteiger partial charge in [0.05, 0.1) is 5.69 Å². The van der Waals surface area contributed by atoms with Crippen molar-refractivity contribution in [3.05, 3.63) is 59.4 Å². The summed E-state index contributed by atoms with van der Waals surface area (Å²) in [6.07, 6.45) is 2.04. The Hall–Kier alpha value is -1.80. The summed E-state index contributed by atoms with van der Waals surface area (Å²) in [6.45, 7) is 6.52. The molecule has 2 aromatic heterocycles. The van der Waals surface area contributed by atoms with Crippen LogP contribution in [-0.4, -0.2) is 9.38 Å². The molecule has 108 valence electrons. The molecule has 1 aromatic carbocycles. The molecule has 2 heterocycles. The lowest BCUT2D eigenvalue weighted by molar-refractivity contribution is 0.867. The number of alkyl halides is 1. The second kappa shape index (κ2) is 5.53. The third kappa shape index (κ3) is 2.56. The van der Waals surface area contributed by atoms with Crippen LogP contribution in [0.5, 0.6) is 0 Å². The highest BCUT2D eigenvalue weighted by molar-refractivity contribution is 6.17. The Balaban J connectivity index is 2.09. The number of hydrogen-bond acceptors (Lipinski definition) is 1. The van der Waals surface area contributed by atoms with Gasteiger partial charge >= 0.3 is 0 Å². The molecule has 0 N–H and O–H groups in total. The highest BCUT2D eigenvalue weighted by atomic mass is 35.5. The number of rotatable bonds is 3. The average Bonchev–Trinajstić information content (AvgIpc) is 2.83. The molecule has 0 bridgehead atoms. The van der Waals surface area contributed by atoms with Crippen LogP contribution in [0.4, 0.5) is 0 Å². The van der Waals surface area contributed by atoms with Crippen molar-refractivity contribution in [3.63, 3.8) is 0 Å². The summed E-state index contributed by atoms with van der Waals surface area (Å²) >= 11 is 5.90. The first-order valence-electron chi connectivity index (χ1n) is 7.24. The quantitative estimate of drug-likeness (QED) is 0.610. The first-order chi connectivity index (χ1) is 10.1. The second-order valence-corrected chi connectivity index (χ2v) is 5.99. The van der Waals surface area contributed by atoms with Crippen LogP contribution in [0.25, 0.3) is 16.9 Å². The summed E-state index contributed by atoms with van der Waals surface area (Å²) in [5.74, 6) is 1.06. The van der Waals surface area contributed by atoms with Crippen LogP contribution < -0.4 is 0 Å². The number of halogens is 1. The largest absolute Gasteiger partial charge is 0.304 e. The van der Waals surface area contributed by atoms with E-state index in [1.165, 1.54) is 5.56 Å². The second-order valence-electron chi connectivity index (χ2n) is 5.72. The fourth-order valence-electron chi connectivity index (χ4n) is 2.59. The van der Waals surface area contributed by atoms with Crippen LogP contribution in [0.15, 0.2) is 42.6 Å². The first kappa shape index (κ1) is 14.2. The van der Waals surface area contributed by atoms with E-state index in [1.54, 1.807) is 0 Å². The Bertz CT molecular complexity index is 770. The van der Waals surface area contributed by atoms with Gasteiger partial charge in [0.1, 0.15) is 5.65 Å². The molecule has 0 saturated carbocycles. The van der Waals surface area contributed by atoms with Crippen molar-refractivity contribution in [1.82, 2.24) is 9.38 Å². The standard InChI is InChI=1S/C18H19ClN2/c1-12(2)15-4-6-16(7-5-15)18-13(3)21-9-8-14(11-19)10-17(21)20-18/h4-10,12H,11H2,1-3H3. The van der Waals surface area contributed by atoms with E-state index in [2.05, 4.69) is 49.4 Å². The molecule has 0 aliphatic heterocycles. The molecule has 21 heavy (non-hydrogen) atoms. The van der Waals surface area contributed by atoms with Crippen LogP contribution in [0.1, 0.15) is 36.6 Å². The molecule has 0 atom stereocenters. The monoisotopic (exact) mass is 298 g/mol. The third-order valence-electron chi connectivity index (χ3n) is 3.93. The zero-order chi connectivity index (χ0) is 15.0. The van der Waals surface area contributed by atoms with Crippen molar-refractivity contribution in [2.45, 2.75) is 32.6 Å². The Morgan fingerprint density at radius 1 is 1.14 bits per heavy atom. The third-order valence-corrected chi connectivity index (χ3v) is 4.24. The molecule has 0 spiro atoms. The van der Waals surface area contributed by atoms with Crippen molar-refractivity contribution >= 4 is 17.2 Å². The number of pyridine rings is 1. The minimum Gasteiger partial charge on any atom is -0.304 e. The molecule has 0 aliphatic carbocycles. The van der Waals surface area contributed by atoms with Crippen LogP contribution in [0.2, 0.25) is 0 Å². The lowest BCUT2D eigenvalue weighted by atomic mass is 10.0. The van der Waals surface area contributed by atoms with Gasteiger partial charge in [0.25, 0.3) is 0 Å². The average molecular weight is 299 g/mol. The van der Waals surface area contributed by atoms with Crippen molar-refractivity contribution in [1.29, 1.82) is 0 Å². The van der Waals surface area contributed by atoms with E-state index >= 15 is 0 Å². The van der Waals surface area contributed by atoms with E-state index in [0.717, 1.165) is 28.2 Å². The van der Waals surface area contributed by atoms with E-state index in [1.807, 2.05) is 18.3 Å². The van der Waals surface area contributed by atoms with E-state index in [9.17, 15) is 0 Å². The maximum absolute atomic E-state index is 5.90. The molecule has 0 unspecified atom stereocenters.